The van der Waals surface area contributed by atoms with Crippen LogP contribution in [0.25, 0.3) is 11.0 Å². The van der Waals surface area contributed by atoms with E-state index < -0.39 is 11.7 Å². The van der Waals surface area contributed by atoms with Gasteiger partial charge in [0.2, 0.25) is 5.75 Å². The van der Waals surface area contributed by atoms with E-state index in [0.29, 0.717) is 47.2 Å². The molecule has 0 fully saturated rings. The van der Waals surface area contributed by atoms with Gasteiger partial charge in [0, 0.05) is 19.2 Å². The van der Waals surface area contributed by atoms with E-state index in [9.17, 15) is 4.79 Å². The molecule has 1 amide bonds. The fourth-order valence-corrected chi connectivity index (χ4v) is 2.91. The minimum Gasteiger partial charge on any atom is -0.493 e. The maximum absolute atomic E-state index is 11.6. The molecule has 2 aromatic rings. The molecule has 0 aliphatic carbocycles. The lowest BCUT2D eigenvalue weighted by Crippen LogP contribution is -2.33. The van der Waals surface area contributed by atoms with Crippen molar-refractivity contribution in [1.82, 2.24) is 15.3 Å². The molecule has 1 heterocycles. The SMILES string of the molecule is COc1cc2nc(NCCCCNC(=O)OC(C)(C)C)c(Cl)nc2c(OC)c1OC. The molecule has 2 rings (SSSR count). The molecule has 0 spiro atoms. The zero-order valence-electron chi connectivity index (χ0n) is 18.2. The van der Waals surface area contributed by atoms with E-state index in [1.54, 1.807) is 6.07 Å². The second-order valence-corrected chi connectivity index (χ2v) is 7.80. The van der Waals surface area contributed by atoms with Crippen molar-refractivity contribution in [2.75, 3.05) is 39.7 Å². The molecule has 0 radical (unpaired) electrons. The number of hydrogen-bond donors (Lipinski definition) is 2. The summed E-state index contributed by atoms with van der Waals surface area (Å²) in [4.78, 5) is 20.6. The van der Waals surface area contributed by atoms with Gasteiger partial charge in [0.05, 0.1) is 26.8 Å². The normalized spacial score (nSPS) is 11.2. The van der Waals surface area contributed by atoms with Crippen LogP contribution >= 0.6 is 11.6 Å². The molecular formula is C20H29ClN4O5. The number of anilines is 1. The van der Waals surface area contributed by atoms with Gasteiger partial charge in [-0.15, -0.1) is 0 Å². The number of carbonyl (C=O) groups excluding carboxylic acids is 1. The molecule has 0 bridgehead atoms. The van der Waals surface area contributed by atoms with Gasteiger partial charge < -0.3 is 29.6 Å². The molecule has 0 unspecified atom stereocenters. The number of fused-ring (bicyclic) bond motifs is 1. The number of amides is 1. The Bertz CT molecular complexity index is 886. The average molecular weight is 441 g/mol. The third-order valence-corrected chi connectivity index (χ3v) is 4.25. The van der Waals surface area contributed by atoms with E-state index in [-0.39, 0.29) is 5.15 Å². The molecule has 2 N–H and O–H groups in total. The van der Waals surface area contributed by atoms with Crippen LogP contribution in [0.3, 0.4) is 0 Å². The Morgan fingerprint density at radius 1 is 1.03 bits per heavy atom. The molecule has 0 saturated heterocycles. The Morgan fingerprint density at radius 2 is 1.70 bits per heavy atom. The summed E-state index contributed by atoms with van der Waals surface area (Å²) in [5.74, 6) is 1.77. The van der Waals surface area contributed by atoms with Gasteiger partial charge in [0.1, 0.15) is 11.1 Å². The number of halogens is 1. The van der Waals surface area contributed by atoms with Crippen molar-refractivity contribution in [3.05, 3.63) is 11.2 Å². The predicted molar refractivity (Wildman–Crippen MR) is 116 cm³/mol. The summed E-state index contributed by atoms with van der Waals surface area (Å²) in [6, 6.07) is 1.72. The topological polar surface area (TPSA) is 104 Å². The van der Waals surface area contributed by atoms with Crippen LogP contribution in [0.4, 0.5) is 10.6 Å². The molecule has 0 atom stereocenters. The molecule has 1 aromatic heterocycles. The average Bonchev–Trinajstić information content (AvgIpc) is 2.68. The molecule has 10 heteroatoms. The summed E-state index contributed by atoms with van der Waals surface area (Å²) in [5, 5.41) is 6.12. The van der Waals surface area contributed by atoms with E-state index >= 15 is 0 Å². The number of ether oxygens (including phenoxy) is 4. The van der Waals surface area contributed by atoms with Crippen molar-refractivity contribution in [2.24, 2.45) is 0 Å². The van der Waals surface area contributed by atoms with Gasteiger partial charge in [-0.3, -0.25) is 0 Å². The Morgan fingerprint density at radius 3 is 2.30 bits per heavy atom. The highest BCUT2D eigenvalue weighted by atomic mass is 35.5. The first-order valence-corrected chi connectivity index (χ1v) is 9.95. The first kappa shape index (κ1) is 23.6. The monoisotopic (exact) mass is 440 g/mol. The summed E-state index contributed by atoms with van der Waals surface area (Å²) in [5.41, 5.74) is 0.530. The van der Waals surface area contributed by atoms with E-state index in [1.807, 2.05) is 20.8 Å². The summed E-state index contributed by atoms with van der Waals surface area (Å²) < 4.78 is 21.4. The number of nitrogens with one attached hydrogen (secondary N) is 2. The van der Waals surface area contributed by atoms with Crippen molar-refractivity contribution in [3.8, 4) is 17.2 Å². The van der Waals surface area contributed by atoms with Crippen molar-refractivity contribution >= 4 is 34.5 Å². The Hall–Kier alpha value is -2.68. The summed E-state index contributed by atoms with van der Waals surface area (Å²) in [6.45, 7) is 6.60. The second-order valence-electron chi connectivity index (χ2n) is 7.44. The Balaban J connectivity index is 1.98. The van der Waals surface area contributed by atoms with Gasteiger partial charge in [0.15, 0.2) is 22.5 Å². The van der Waals surface area contributed by atoms with Crippen molar-refractivity contribution < 1.29 is 23.7 Å². The minimum absolute atomic E-state index is 0.222. The molecule has 0 aliphatic heterocycles. The number of rotatable bonds is 9. The molecule has 9 nitrogen and oxygen atoms in total. The van der Waals surface area contributed by atoms with Crippen molar-refractivity contribution in [3.63, 3.8) is 0 Å². The second kappa shape index (κ2) is 10.4. The standard InChI is InChI=1S/C20H29ClN4O5/c1-20(2,3)30-19(26)23-10-8-7-9-22-18-17(21)25-14-12(24-18)11-13(27-4)15(28-5)16(14)29-6/h11H,7-10H2,1-6H3,(H,22,24)(H,23,26). The number of nitrogens with zero attached hydrogens (tertiary/aromatic N) is 2. The first-order chi connectivity index (χ1) is 14.2. The smallest absolute Gasteiger partial charge is 0.407 e. The number of unbranched alkanes of at least 4 members (excludes halogenated alkanes) is 1. The number of carbonyl (C=O) groups is 1. The Labute approximate surface area is 181 Å². The van der Waals surface area contributed by atoms with Crippen LogP contribution in [0.15, 0.2) is 6.07 Å². The number of alkyl carbamates (subject to hydrolysis) is 1. The predicted octanol–water partition coefficient (Wildman–Crippen LogP) is 4.03. The van der Waals surface area contributed by atoms with Gasteiger partial charge in [-0.05, 0) is 33.6 Å². The molecule has 30 heavy (non-hydrogen) atoms. The summed E-state index contributed by atoms with van der Waals surface area (Å²) in [7, 11) is 4.58. The van der Waals surface area contributed by atoms with E-state index in [0.717, 1.165) is 12.8 Å². The van der Waals surface area contributed by atoms with Crippen molar-refractivity contribution in [1.29, 1.82) is 0 Å². The lowest BCUT2D eigenvalue weighted by molar-refractivity contribution is 0.0527. The molecule has 166 valence electrons. The van der Waals surface area contributed by atoms with Crippen molar-refractivity contribution in [2.45, 2.75) is 39.2 Å². The number of methoxy groups -OCH3 is 3. The molecule has 0 saturated carbocycles. The number of benzene rings is 1. The van der Waals surface area contributed by atoms with E-state index in [4.69, 9.17) is 30.5 Å². The van der Waals surface area contributed by atoms with Gasteiger partial charge in [-0.25, -0.2) is 14.8 Å². The number of hydrogen-bond acceptors (Lipinski definition) is 8. The Kier molecular flexibility index (Phi) is 8.16. The van der Waals surface area contributed by atoms with Gasteiger partial charge in [-0.2, -0.15) is 0 Å². The zero-order valence-corrected chi connectivity index (χ0v) is 19.0. The zero-order chi connectivity index (χ0) is 22.3. The van der Waals surface area contributed by atoms with Crippen LogP contribution in [0.1, 0.15) is 33.6 Å². The third-order valence-electron chi connectivity index (χ3n) is 3.99. The maximum Gasteiger partial charge on any atom is 0.407 e. The largest absolute Gasteiger partial charge is 0.493 e. The van der Waals surface area contributed by atoms with Gasteiger partial charge >= 0.3 is 6.09 Å². The molecular weight excluding hydrogens is 412 g/mol. The van der Waals surface area contributed by atoms with Crippen LogP contribution in [-0.2, 0) is 4.74 Å². The number of aromatic nitrogens is 2. The van der Waals surface area contributed by atoms with Crippen LogP contribution in [-0.4, -0.2) is 56.1 Å². The van der Waals surface area contributed by atoms with Gasteiger partial charge in [-0.1, -0.05) is 11.6 Å². The highest BCUT2D eigenvalue weighted by Crippen LogP contribution is 2.42. The van der Waals surface area contributed by atoms with E-state index in [1.165, 1.54) is 21.3 Å². The van der Waals surface area contributed by atoms with Crippen LogP contribution in [0.2, 0.25) is 5.15 Å². The maximum atomic E-state index is 11.6. The lowest BCUT2D eigenvalue weighted by atomic mass is 10.2. The van der Waals surface area contributed by atoms with Crippen LogP contribution in [0.5, 0.6) is 17.2 Å². The summed E-state index contributed by atoms with van der Waals surface area (Å²) >= 11 is 6.31. The minimum atomic E-state index is -0.507. The highest BCUT2D eigenvalue weighted by Gasteiger charge is 2.20. The fraction of sp³-hybridized carbons (Fsp3) is 0.550. The molecule has 1 aromatic carbocycles. The highest BCUT2D eigenvalue weighted by molar-refractivity contribution is 6.32. The quantitative estimate of drug-likeness (QED) is 0.563. The summed E-state index contributed by atoms with van der Waals surface area (Å²) in [6.07, 6.45) is 1.14. The lowest BCUT2D eigenvalue weighted by Gasteiger charge is -2.19. The third kappa shape index (κ3) is 6.16. The molecule has 0 aliphatic rings. The van der Waals surface area contributed by atoms with Crippen LogP contribution in [0, 0.1) is 0 Å². The van der Waals surface area contributed by atoms with Gasteiger partial charge in [0.25, 0.3) is 0 Å². The van der Waals surface area contributed by atoms with E-state index in [2.05, 4.69) is 20.6 Å². The van der Waals surface area contributed by atoms with Crippen LogP contribution < -0.4 is 24.8 Å². The fourth-order valence-electron chi connectivity index (χ4n) is 2.71. The first-order valence-electron chi connectivity index (χ1n) is 9.57.